The zero-order valence-corrected chi connectivity index (χ0v) is 13.7. The highest BCUT2D eigenvalue weighted by molar-refractivity contribution is 5.77. The first-order valence-electron chi connectivity index (χ1n) is 7.92. The van der Waals surface area contributed by atoms with E-state index >= 15 is 0 Å². The lowest BCUT2D eigenvalue weighted by molar-refractivity contribution is -0.146. The van der Waals surface area contributed by atoms with Crippen molar-refractivity contribution in [1.29, 1.82) is 0 Å². The second-order valence-electron chi connectivity index (χ2n) is 5.91. The summed E-state index contributed by atoms with van der Waals surface area (Å²) in [6.45, 7) is -1.11. The summed E-state index contributed by atoms with van der Waals surface area (Å²) in [4.78, 5) is 14.7. The van der Waals surface area contributed by atoms with E-state index in [1.54, 1.807) is 0 Å². The monoisotopic (exact) mass is 384 g/mol. The van der Waals surface area contributed by atoms with E-state index in [9.17, 15) is 31.1 Å². The van der Waals surface area contributed by atoms with Crippen LogP contribution in [0, 0.1) is 0 Å². The zero-order valence-electron chi connectivity index (χ0n) is 13.7. The van der Waals surface area contributed by atoms with Crippen molar-refractivity contribution in [2.24, 2.45) is 0 Å². The van der Waals surface area contributed by atoms with Gasteiger partial charge in [-0.05, 0) is 18.6 Å². The molecule has 1 aromatic rings. The maximum Gasteiger partial charge on any atom is 0.419 e. The van der Waals surface area contributed by atoms with Gasteiger partial charge >= 0.3 is 12.4 Å². The highest BCUT2D eigenvalue weighted by Crippen LogP contribution is 2.35. The maximum absolute atomic E-state index is 12.9. The van der Waals surface area contributed by atoms with Crippen LogP contribution in [0.2, 0.25) is 0 Å². The third kappa shape index (κ3) is 6.08. The summed E-state index contributed by atoms with van der Waals surface area (Å²) in [5.41, 5.74) is -0.986. The Morgan fingerprint density at radius 2 is 1.69 bits per heavy atom. The number of amides is 1. The Hall–Kier alpha value is -1.97. The fraction of sp³-hybridized carbons (Fsp3) is 0.562. The lowest BCUT2D eigenvalue weighted by Crippen LogP contribution is -2.40. The lowest BCUT2D eigenvalue weighted by Gasteiger charge is -2.23. The van der Waals surface area contributed by atoms with Crippen molar-refractivity contribution in [3.8, 4) is 5.75 Å². The highest BCUT2D eigenvalue weighted by Gasteiger charge is 2.34. The summed E-state index contributed by atoms with van der Waals surface area (Å²) in [6.07, 6.45) is -8.58. The molecule has 146 valence electrons. The third-order valence-corrected chi connectivity index (χ3v) is 3.89. The van der Waals surface area contributed by atoms with Crippen molar-refractivity contribution in [2.75, 3.05) is 39.3 Å². The van der Waals surface area contributed by atoms with Crippen LogP contribution in [-0.2, 0) is 11.0 Å². The molecule has 1 aliphatic heterocycles. The molecule has 1 amide bonds. The Balaban J connectivity index is 1.91. The van der Waals surface area contributed by atoms with Gasteiger partial charge in [0, 0.05) is 26.2 Å². The van der Waals surface area contributed by atoms with Crippen LogP contribution in [-0.4, -0.2) is 61.2 Å². The maximum atomic E-state index is 12.9. The molecule has 0 saturated carbocycles. The SMILES string of the molecule is O=C(COc1ccccc1C(F)(F)F)N1CCCN(CC(F)(F)F)CC1. The van der Waals surface area contributed by atoms with Gasteiger partial charge in [0.2, 0.25) is 0 Å². The lowest BCUT2D eigenvalue weighted by atomic mass is 10.2. The Kier molecular flexibility index (Phi) is 6.38. The molecule has 0 spiro atoms. The Morgan fingerprint density at radius 3 is 2.35 bits per heavy atom. The molecule has 1 saturated heterocycles. The van der Waals surface area contributed by atoms with E-state index in [0.717, 1.165) is 12.1 Å². The quantitative estimate of drug-likeness (QED) is 0.748. The summed E-state index contributed by atoms with van der Waals surface area (Å²) in [7, 11) is 0. The molecule has 0 bridgehead atoms. The number of hydrogen-bond acceptors (Lipinski definition) is 3. The molecular formula is C16H18F6N2O2. The number of ether oxygens (including phenoxy) is 1. The van der Waals surface area contributed by atoms with Gasteiger partial charge in [-0.1, -0.05) is 12.1 Å². The van der Waals surface area contributed by atoms with Crippen LogP contribution in [0.1, 0.15) is 12.0 Å². The van der Waals surface area contributed by atoms with Crippen LogP contribution < -0.4 is 4.74 Å². The molecule has 1 heterocycles. The standard InChI is InChI=1S/C16H18F6N2O2/c17-15(18,19)11-23-6-3-7-24(9-8-23)14(25)10-26-13-5-2-1-4-12(13)16(20,21)22/h1-2,4-5H,3,6-11H2. The van der Waals surface area contributed by atoms with Crippen LogP contribution in [0.5, 0.6) is 5.75 Å². The number of benzene rings is 1. The summed E-state index contributed by atoms with van der Waals surface area (Å²) < 4.78 is 81.0. The first-order chi connectivity index (χ1) is 12.1. The number of nitrogens with zero attached hydrogens (tertiary/aromatic N) is 2. The molecule has 0 aromatic heterocycles. The molecular weight excluding hydrogens is 366 g/mol. The molecule has 1 aliphatic rings. The van der Waals surface area contributed by atoms with Crippen LogP contribution in [0.15, 0.2) is 24.3 Å². The molecule has 26 heavy (non-hydrogen) atoms. The van der Waals surface area contributed by atoms with E-state index in [2.05, 4.69) is 0 Å². The number of alkyl halides is 6. The predicted octanol–water partition coefficient (Wildman–Crippen LogP) is 3.18. The molecule has 0 aliphatic carbocycles. The number of rotatable bonds is 4. The topological polar surface area (TPSA) is 32.8 Å². The largest absolute Gasteiger partial charge is 0.483 e. The summed E-state index contributed by atoms with van der Waals surface area (Å²) in [5.74, 6) is -1.02. The van der Waals surface area contributed by atoms with Crippen molar-refractivity contribution in [3.05, 3.63) is 29.8 Å². The third-order valence-electron chi connectivity index (χ3n) is 3.89. The summed E-state index contributed by atoms with van der Waals surface area (Å²) in [6, 6.07) is 4.53. The van der Waals surface area contributed by atoms with Crippen molar-refractivity contribution in [3.63, 3.8) is 0 Å². The van der Waals surface area contributed by atoms with E-state index in [1.165, 1.54) is 21.9 Å². The molecule has 4 nitrogen and oxygen atoms in total. The van der Waals surface area contributed by atoms with Gasteiger partial charge in [0.25, 0.3) is 5.91 Å². The fourth-order valence-corrected chi connectivity index (χ4v) is 2.69. The Labute approximate surface area is 146 Å². The van der Waals surface area contributed by atoms with E-state index in [4.69, 9.17) is 4.74 Å². The number of carbonyl (C=O) groups excluding carboxylic acids is 1. The van der Waals surface area contributed by atoms with Gasteiger partial charge in [-0.25, -0.2) is 0 Å². The van der Waals surface area contributed by atoms with Gasteiger partial charge in [-0.15, -0.1) is 0 Å². The minimum atomic E-state index is -4.61. The molecule has 2 rings (SSSR count). The van der Waals surface area contributed by atoms with Crippen LogP contribution in [0.25, 0.3) is 0 Å². The molecule has 1 aromatic carbocycles. The van der Waals surface area contributed by atoms with Crippen molar-refractivity contribution in [2.45, 2.75) is 18.8 Å². The van der Waals surface area contributed by atoms with E-state index in [1.807, 2.05) is 0 Å². The molecule has 1 fully saturated rings. The second kappa shape index (κ2) is 8.15. The normalized spacial score (nSPS) is 17.1. The minimum absolute atomic E-state index is 0.0460. The van der Waals surface area contributed by atoms with E-state index < -0.39 is 42.7 Å². The van der Waals surface area contributed by atoms with Gasteiger partial charge in [-0.2, -0.15) is 26.3 Å². The summed E-state index contributed by atoms with van der Waals surface area (Å²) in [5, 5.41) is 0. The molecule has 0 atom stereocenters. The summed E-state index contributed by atoms with van der Waals surface area (Å²) >= 11 is 0. The molecule has 0 radical (unpaired) electrons. The zero-order chi connectivity index (χ0) is 19.4. The van der Waals surface area contributed by atoms with Crippen molar-refractivity contribution < 1.29 is 35.9 Å². The van der Waals surface area contributed by atoms with Crippen LogP contribution in [0.3, 0.4) is 0 Å². The molecule has 0 unspecified atom stereocenters. The van der Waals surface area contributed by atoms with Gasteiger partial charge in [0.15, 0.2) is 6.61 Å². The number of carbonyl (C=O) groups is 1. The minimum Gasteiger partial charge on any atom is -0.483 e. The first kappa shape index (κ1) is 20.3. The fourth-order valence-electron chi connectivity index (χ4n) is 2.69. The predicted molar refractivity (Wildman–Crippen MR) is 80.6 cm³/mol. The van der Waals surface area contributed by atoms with Crippen LogP contribution >= 0.6 is 0 Å². The van der Waals surface area contributed by atoms with Gasteiger partial charge in [0.1, 0.15) is 5.75 Å². The average Bonchev–Trinajstić information content (AvgIpc) is 2.76. The Bertz CT molecular complexity index is 617. The average molecular weight is 384 g/mol. The van der Waals surface area contributed by atoms with Crippen LogP contribution in [0.4, 0.5) is 26.3 Å². The van der Waals surface area contributed by atoms with Crippen molar-refractivity contribution >= 4 is 5.91 Å². The smallest absolute Gasteiger partial charge is 0.419 e. The van der Waals surface area contributed by atoms with Crippen molar-refractivity contribution in [1.82, 2.24) is 9.80 Å². The Morgan fingerprint density at radius 1 is 1.00 bits per heavy atom. The molecule has 0 N–H and O–H groups in total. The highest BCUT2D eigenvalue weighted by atomic mass is 19.4. The van der Waals surface area contributed by atoms with Gasteiger partial charge in [-0.3, -0.25) is 9.69 Å². The van der Waals surface area contributed by atoms with Gasteiger partial charge in [0.05, 0.1) is 12.1 Å². The van der Waals surface area contributed by atoms with Gasteiger partial charge < -0.3 is 9.64 Å². The molecule has 10 heteroatoms. The number of para-hydroxylation sites is 1. The number of hydrogen-bond donors (Lipinski definition) is 0. The van der Waals surface area contributed by atoms with E-state index in [-0.39, 0.29) is 26.2 Å². The van der Waals surface area contributed by atoms with E-state index in [0.29, 0.717) is 6.42 Å². The number of halogens is 6. The second-order valence-corrected chi connectivity index (χ2v) is 5.91. The first-order valence-corrected chi connectivity index (χ1v) is 7.92.